The summed E-state index contributed by atoms with van der Waals surface area (Å²) >= 11 is 0. The number of carbonyl (C=O) groups is 2. The zero-order valence-corrected chi connectivity index (χ0v) is 12.5. The quantitative estimate of drug-likeness (QED) is 0.922. The highest BCUT2D eigenvalue weighted by molar-refractivity contribution is 5.90. The van der Waals surface area contributed by atoms with Gasteiger partial charge in [0, 0.05) is 12.0 Å². The number of rotatable bonds is 3. The van der Waals surface area contributed by atoms with Gasteiger partial charge in [-0.15, -0.1) is 0 Å². The van der Waals surface area contributed by atoms with Crippen molar-refractivity contribution in [3.05, 3.63) is 17.3 Å². The first-order valence-electron chi connectivity index (χ1n) is 7.63. The highest BCUT2D eigenvalue weighted by atomic mass is 16.4. The van der Waals surface area contributed by atoms with Gasteiger partial charge < -0.3 is 14.6 Å². The number of hydrogen-bond acceptors (Lipinski definition) is 4. The van der Waals surface area contributed by atoms with E-state index in [1.165, 1.54) is 12.8 Å². The van der Waals surface area contributed by atoms with Crippen LogP contribution in [0.5, 0.6) is 0 Å². The molecule has 6 nitrogen and oxygen atoms in total. The second-order valence-corrected chi connectivity index (χ2v) is 6.19. The van der Waals surface area contributed by atoms with Crippen LogP contribution < -0.4 is 5.32 Å². The summed E-state index contributed by atoms with van der Waals surface area (Å²) in [6.07, 6.45) is 4.39. The molecule has 2 aliphatic rings. The first kappa shape index (κ1) is 14.1. The van der Waals surface area contributed by atoms with Crippen LogP contribution in [0.4, 0.5) is 0 Å². The molecule has 0 unspecified atom stereocenters. The average Bonchev–Trinajstić information content (AvgIpc) is 3.11. The molecule has 0 aromatic carbocycles. The van der Waals surface area contributed by atoms with E-state index < -0.39 is 0 Å². The van der Waals surface area contributed by atoms with Crippen molar-refractivity contribution in [1.29, 1.82) is 0 Å². The van der Waals surface area contributed by atoms with Crippen molar-refractivity contribution in [3.63, 3.8) is 0 Å². The van der Waals surface area contributed by atoms with Crippen molar-refractivity contribution < 1.29 is 14.0 Å². The molecule has 2 amide bonds. The second kappa shape index (κ2) is 5.50. The lowest BCUT2D eigenvalue weighted by Gasteiger charge is -2.17. The number of fused-ring (bicyclic) bond motifs is 1. The standard InChI is InChI=1S/C15H21N3O3/c1-9(2)15(20)18-7-11-12(8-18)21-14(17-11)13(19)16-10-5-3-4-6-10/h9-10H,3-8H2,1-2H3,(H,16,19). The average molecular weight is 291 g/mol. The minimum Gasteiger partial charge on any atom is -0.435 e. The summed E-state index contributed by atoms with van der Waals surface area (Å²) < 4.78 is 5.54. The molecule has 114 valence electrons. The van der Waals surface area contributed by atoms with Crippen LogP contribution in [0.2, 0.25) is 0 Å². The largest absolute Gasteiger partial charge is 0.435 e. The van der Waals surface area contributed by atoms with Gasteiger partial charge in [-0.3, -0.25) is 9.59 Å². The van der Waals surface area contributed by atoms with Crippen molar-refractivity contribution in [2.45, 2.75) is 58.7 Å². The van der Waals surface area contributed by atoms with E-state index in [2.05, 4.69) is 10.3 Å². The lowest BCUT2D eigenvalue weighted by molar-refractivity contribution is -0.135. The molecule has 1 fully saturated rings. The normalized spacial score (nSPS) is 18.3. The number of nitrogens with zero attached hydrogens (tertiary/aromatic N) is 2. The maximum absolute atomic E-state index is 12.1. The van der Waals surface area contributed by atoms with Crippen LogP contribution in [0.25, 0.3) is 0 Å². The minimum atomic E-state index is -0.238. The van der Waals surface area contributed by atoms with Gasteiger partial charge in [0.25, 0.3) is 5.89 Å². The van der Waals surface area contributed by atoms with Gasteiger partial charge in [-0.25, -0.2) is 4.98 Å². The van der Waals surface area contributed by atoms with E-state index in [1.807, 2.05) is 13.8 Å². The van der Waals surface area contributed by atoms with Gasteiger partial charge in [0.05, 0.1) is 13.1 Å². The fourth-order valence-corrected chi connectivity index (χ4v) is 2.98. The Balaban J connectivity index is 1.63. The van der Waals surface area contributed by atoms with Gasteiger partial charge in [0.15, 0.2) is 0 Å². The maximum Gasteiger partial charge on any atom is 0.307 e. The summed E-state index contributed by atoms with van der Waals surface area (Å²) in [4.78, 5) is 30.0. The minimum absolute atomic E-state index is 0.0425. The van der Waals surface area contributed by atoms with Gasteiger partial charge in [-0.05, 0) is 12.8 Å². The van der Waals surface area contributed by atoms with Crippen LogP contribution in [0.3, 0.4) is 0 Å². The zero-order valence-electron chi connectivity index (χ0n) is 12.5. The first-order chi connectivity index (χ1) is 10.0. The molecule has 0 bridgehead atoms. The molecule has 1 aliphatic carbocycles. The molecule has 0 spiro atoms. The van der Waals surface area contributed by atoms with Crippen molar-refractivity contribution >= 4 is 11.8 Å². The van der Waals surface area contributed by atoms with Gasteiger partial charge in [-0.1, -0.05) is 26.7 Å². The third kappa shape index (κ3) is 2.80. The fraction of sp³-hybridized carbons (Fsp3) is 0.667. The Labute approximate surface area is 123 Å². The van der Waals surface area contributed by atoms with Gasteiger partial charge in [0.2, 0.25) is 5.91 Å². The molecular weight excluding hydrogens is 270 g/mol. The van der Waals surface area contributed by atoms with Crippen LogP contribution in [0, 0.1) is 5.92 Å². The molecule has 6 heteroatoms. The number of carbonyl (C=O) groups excluding carboxylic acids is 2. The first-order valence-corrected chi connectivity index (χ1v) is 7.63. The summed E-state index contributed by atoms with van der Waals surface area (Å²) in [7, 11) is 0. The Morgan fingerprint density at radius 3 is 2.62 bits per heavy atom. The van der Waals surface area contributed by atoms with E-state index in [0.29, 0.717) is 24.5 Å². The van der Waals surface area contributed by atoms with E-state index >= 15 is 0 Å². The molecular formula is C15H21N3O3. The van der Waals surface area contributed by atoms with E-state index in [4.69, 9.17) is 4.42 Å². The Kier molecular flexibility index (Phi) is 3.69. The molecule has 21 heavy (non-hydrogen) atoms. The molecule has 1 aliphatic heterocycles. The van der Waals surface area contributed by atoms with Crippen molar-refractivity contribution in [2.24, 2.45) is 5.92 Å². The van der Waals surface area contributed by atoms with Gasteiger partial charge >= 0.3 is 5.91 Å². The van der Waals surface area contributed by atoms with Crippen molar-refractivity contribution in [2.75, 3.05) is 0 Å². The Morgan fingerprint density at radius 2 is 2.00 bits per heavy atom. The third-order valence-electron chi connectivity index (χ3n) is 4.14. The molecule has 1 N–H and O–H groups in total. The van der Waals surface area contributed by atoms with Crippen LogP contribution in [0.15, 0.2) is 4.42 Å². The Morgan fingerprint density at radius 1 is 1.29 bits per heavy atom. The number of oxazole rings is 1. The van der Waals surface area contributed by atoms with Crippen molar-refractivity contribution in [1.82, 2.24) is 15.2 Å². The monoisotopic (exact) mass is 291 g/mol. The molecule has 1 saturated carbocycles. The van der Waals surface area contributed by atoms with Gasteiger partial charge in [0.1, 0.15) is 11.5 Å². The van der Waals surface area contributed by atoms with Crippen molar-refractivity contribution in [3.8, 4) is 0 Å². The zero-order chi connectivity index (χ0) is 15.0. The van der Waals surface area contributed by atoms with E-state index in [1.54, 1.807) is 4.90 Å². The Bertz CT molecular complexity index is 535. The molecule has 0 atom stereocenters. The van der Waals surface area contributed by atoms with Gasteiger partial charge in [-0.2, -0.15) is 0 Å². The highest BCUT2D eigenvalue weighted by Crippen LogP contribution is 2.25. The predicted octanol–water partition coefficient (Wildman–Crippen LogP) is 1.85. The number of hydrogen-bond donors (Lipinski definition) is 1. The fourth-order valence-electron chi connectivity index (χ4n) is 2.98. The number of aromatic nitrogens is 1. The predicted molar refractivity (Wildman–Crippen MR) is 75.3 cm³/mol. The van der Waals surface area contributed by atoms with E-state index in [0.717, 1.165) is 12.8 Å². The second-order valence-electron chi connectivity index (χ2n) is 6.19. The lowest BCUT2D eigenvalue weighted by atomic mass is 10.2. The maximum atomic E-state index is 12.1. The van der Waals surface area contributed by atoms with Crippen LogP contribution in [-0.2, 0) is 17.9 Å². The lowest BCUT2D eigenvalue weighted by Crippen LogP contribution is -2.33. The number of amides is 2. The molecule has 1 aromatic heterocycles. The molecule has 1 aromatic rings. The Hall–Kier alpha value is -1.85. The summed E-state index contributed by atoms with van der Waals surface area (Å²) in [5, 5.41) is 2.96. The summed E-state index contributed by atoms with van der Waals surface area (Å²) in [5.41, 5.74) is 0.709. The van der Waals surface area contributed by atoms with Crippen LogP contribution >= 0.6 is 0 Å². The van der Waals surface area contributed by atoms with Crippen LogP contribution in [0.1, 0.15) is 61.7 Å². The molecule has 0 saturated heterocycles. The SMILES string of the molecule is CC(C)C(=O)N1Cc2nc(C(=O)NC3CCCC3)oc2C1. The molecule has 2 heterocycles. The third-order valence-corrected chi connectivity index (χ3v) is 4.14. The summed E-state index contributed by atoms with van der Waals surface area (Å²) in [6, 6.07) is 0.248. The smallest absolute Gasteiger partial charge is 0.307 e. The number of nitrogens with one attached hydrogen (secondary N) is 1. The highest BCUT2D eigenvalue weighted by Gasteiger charge is 2.31. The summed E-state index contributed by atoms with van der Waals surface area (Å²) in [5.74, 6) is 0.571. The summed E-state index contributed by atoms with van der Waals surface area (Å²) in [6.45, 7) is 4.59. The van der Waals surface area contributed by atoms with E-state index in [9.17, 15) is 9.59 Å². The topological polar surface area (TPSA) is 75.4 Å². The van der Waals surface area contributed by atoms with E-state index in [-0.39, 0.29) is 29.7 Å². The van der Waals surface area contributed by atoms with Crippen LogP contribution in [-0.4, -0.2) is 27.7 Å². The molecule has 0 radical (unpaired) electrons. The molecule has 3 rings (SSSR count).